The fourth-order valence-corrected chi connectivity index (χ4v) is 3.81. The van der Waals surface area contributed by atoms with Gasteiger partial charge in [-0.1, -0.05) is 52.5 Å². The lowest BCUT2D eigenvalue weighted by Gasteiger charge is -2.34. The molecule has 1 aromatic rings. The molecule has 0 bridgehead atoms. The van der Waals surface area contributed by atoms with Crippen LogP contribution in [0, 0.1) is 5.92 Å². The molecule has 3 N–H and O–H groups in total. The fraction of sp³-hybridized carbons (Fsp3) is 0.643. The minimum absolute atomic E-state index is 0.0176. The summed E-state index contributed by atoms with van der Waals surface area (Å²) < 4.78 is 21.0. The number of unbranched alkanes of at least 4 members (excludes halogenated alkanes) is 4. The van der Waals surface area contributed by atoms with Crippen LogP contribution in [0.15, 0.2) is 18.2 Å². The summed E-state index contributed by atoms with van der Waals surface area (Å²) in [4.78, 5) is 48.8. The molecule has 0 saturated carbocycles. The van der Waals surface area contributed by atoms with Crippen LogP contribution < -0.4 is 15.2 Å². The van der Waals surface area contributed by atoms with E-state index in [2.05, 4.69) is 0 Å². The summed E-state index contributed by atoms with van der Waals surface area (Å²) in [6.45, 7) is 8.89. The van der Waals surface area contributed by atoms with Crippen LogP contribution >= 0.6 is 0 Å². The third kappa shape index (κ3) is 10.7. The van der Waals surface area contributed by atoms with Gasteiger partial charge in [0.05, 0.1) is 6.61 Å². The van der Waals surface area contributed by atoms with Crippen molar-refractivity contribution in [3.05, 3.63) is 23.8 Å². The lowest BCUT2D eigenvalue weighted by molar-refractivity contribution is -0.147. The lowest BCUT2D eigenvalue weighted by Crippen LogP contribution is -2.58. The zero-order valence-corrected chi connectivity index (χ0v) is 23.2. The zero-order valence-electron chi connectivity index (χ0n) is 23.2. The molecule has 1 rings (SSSR count). The number of carbonyl (C=O) groups is 4. The topological polar surface area (TPSA) is 151 Å². The summed E-state index contributed by atoms with van der Waals surface area (Å²) in [5.74, 6) is -2.96. The molecule has 0 aromatic heterocycles. The van der Waals surface area contributed by atoms with Crippen LogP contribution in [0.5, 0.6) is 11.5 Å². The van der Waals surface area contributed by atoms with Gasteiger partial charge in [-0.2, -0.15) is 0 Å². The molecule has 0 aliphatic carbocycles. The van der Waals surface area contributed by atoms with Gasteiger partial charge in [0.25, 0.3) is 0 Å². The van der Waals surface area contributed by atoms with Crippen LogP contribution in [-0.4, -0.2) is 47.4 Å². The van der Waals surface area contributed by atoms with Crippen LogP contribution in [0.2, 0.25) is 0 Å². The number of hydrogen-bond donors (Lipinski definition) is 2. The monoisotopic (exact) mass is 537 g/mol. The first-order chi connectivity index (χ1) is 18.0. The van der Waals surface area contributed by atoms with Gasteiger partial charge in [0.1, 0.15) is 11.6 Å². The molecule has 3 atom stereocenters. The molecule has 0 aliphatic heterocycles. The van der Waals surface area contributed by atoms with Crippen molar-refractivity contribution in [1.82, 2.24) is 0 Å². The Hall–Kier alpha value is -3.14. The van der Waals surface area contributed by atoms with Gasteiger partial charge < -0.3 is 29.8 Å². The van der Waals surface area contributed by atoms with Crippen molar-refractivity contribution >= 4 is 24.1 Å². The van der Waals surface area contributed by atoms with Crippen molar-refractivity contribution in [3.63, 3.8) is 0 Å². The predicted octanol–water partition coefficient (Wildman–Crippen LogP) is 5.18. The molecular weight excluding hydrogens is 494 g/mol. The maximum atomic E-state index is 12.5. The fourth-order valence-electron chi connectivity index (χ4n) is 3.81. The first kappa shape index (κ1) is 32.9. The molecule has 0 spiro atoms. The summed E-state index contributed by atoms with van der Waals surface area (Å²) in [6.07, 6.45) is 3.44. The van der Waals surface area contributed by atoms with Crippen molar-refractivity contribution in [1.29, 1.82) is 0 Å². The molecule has 10 heteroatoms. The number of esters is 2. The maximum absolute atomic E-state index is 12.5. The second-order valence-electron chi connectivity index (χ2n) is 9.46. The molecule has 214 valence electrons. The number of carboxylic acids is 1. The summed E-state index contributed by atoms with van der Waals surface area (Å²) in [5, 5.41) is 10.0. The highest BCUT2D eigenvalue weighted by Crippen LogP contribution is 2.33. The van der Waals surface area contributed by atoms with Crippen LogP contribution in [0.25, 0.3) is 0 Å². The number of rotatable bonds is 17. The van der Waals surface area contributed by atoms with E-state index in [0.717, 1.165) is 25.7 Å². The molecular formula is C28H43NO9. The Balaban J connectivity index is 3.21. The summed E-state index contributed by atoms with van der Waals surface area (Å²) in [5.41, 5.74) is 4.96. The van der Waals surface area contributed by atoms with Gasteiger partial charge >= 0.3 is 24.1 Å². The molecule has 0 aliphatic rings. The first-order valence-corrected chi connectivity index (χ1v) is 13.4. The molecule has 0 radical (unpaired) electrons. The van der Waals surface area contributed by atoms with Gasteiger partial charge in [0.15, 0.2) is 11.5 Å². The average molecular weight is 538 g/mol. The molecule has 0 fully saturated rings. The SMILES string of the molecule is CCCCCC(=O)Oc1ccc(C[C@](N)(C(=O)O)[C@H](C)[C@H](C)OC(=O)OCC)cc1OC(=O)CCCCC. The Morgan fingerprint density at radius 2 is 1.45 bits per heavy atom. The Morgan fingerprint density at radius 3 is 1.95 bits per heavy atom. The van der Waals surface area contributed by atoms with Crippen molar-refractivity contribution in [2.75, 3.05) is 6.61 Å². The highest BCUT2D eigenvalue weighted by atomic mass is 16.7. The van der Waals surface area contributed by atoms with E-state index in [0.29, 0.717) is 18.4 Å². The Labute approximate surface area is 225 Å². The molecule has 38 heavy (non-hydrogen) atoms. The number of aliphatic carboxylic acids is 1. The van der Waals surface area contributed by atoms with E-state index in [-0.39, 0.29) is 37.4 Å². The number of carbonyl (C=O) groups excluding carboxylic acids is 3. The molecule has 0 amide bonds. The van der Waals surface area contributed by atoms with Gasteiger partial charge in [-0.3, -0.25) is 14.4 Å². The Bertz CT molecular complexity index is 933. The van der Waals surface area contributed by atoms with Crippen molar-refractivity contribution in [2.24, 2.45) is 11.7 Å². The maximum Gasteiger partial charge on any atom is 0.508 e. The third-order valence-electron chi connectivity index (χ3n) is 6.38. The zero-order chi connectivity index (χ0) is 28.7. The predicted molar refractivity (Wildman–Crippen MR) is 141 cm³/mol. The van der Waals surface area contributed by atoms with E-state index >= 15 is 0 Å². The summed E-state index contributed by atoms with van der Waals surface area (Å²) >= 11 is 0. The number of benzene rings is 1. The highest BCUT2D eigenvalue weighted by Gasteiger charge is 2.44. The number of ether oxygens (including phenoxy) is 4. The largest absolute Gasteiger partial charge is 0.508 e. The molecule has 0 saturated heterocycles. The number of hydrogen-bond acceptors (Lipinski definition) is 9. The van der Waals surface area contributed by atoms with E-state index in [1.54, 1.807) is 19.9 Å². The standard InChI is InChI=1S/C28H43NO9/c1-6-9-11-13-24(30)37-22-16-15-21(17-23(22)38-25(31)14-12-10-7-2)18-28(29,26(32)33)19(4)20(5)36-27(34)35-8-3/h15-17,19-20H,6-14,18,29H2,1-5H3,(H,32,33)/t19-,20+,28-/m1/s1. The van der Waals surface area contributed by atoms with Crippen molar-refractivity contribution in [3.8, 4) is 11.5 Å². The number of nitrogens with two attached hydrogens (primary N) is 1. The van der Waals surface area contributed by atoms with Gasteiger partial charge in [-0.25, -0.2) is 4.79 Å². The van der Waals surface area contributed by atoms with Gasteiger partial charge in [0, 0.05) is 25.2 Å². The van der Waals surface area contributed by atoms with Crippen LogP contribution in [-0.2, 0) is 30.3 Å². The molecule has 0 heterocycles. The van der Waals surface area contributed by atoms with Crippen LogP contribution in [0.4, 0.5) is 4.79 Å². The van der Waals surface area contributed by atoms with E-state index in [4.69, 9.17) is 24.7 Å². The Morgan fingerprint density at radius 1 is 0.895 bits per heavy atom. The molecule has 0 unspecified atom stereocenters. The van der Waals surface area contributed by atoms with E-state index in [1.165, 1.54) is 19.1 Å². The average Bonchev–Trinajstić information content (AvgIpc) is 2.85. The van der Waals surface area contributed by atoms with Crippen LogP contribution in [0.1, 0.15) is 91.5 Å². The first-order valence-electron chi connectivity index (χ1n) is 13.4. The Kier molecular flexibility index (Phi) is 14.4. The minimum atomic E-state index is -1.84. The van der Waals surface area contributed by atoms with Crippen molar-refractivity contribution < 1.29 is 43.2 Å². The molecule has 1 aromatic carbocycles. The van der Waals surface area contributed by atoms with Crippen molar-refractivity contribution in [2.45, 2.75) is 104 Å². The van der Waals surface area contributed by atoms with E-state index < -0.39 is 41.6 Å². The smallest absolute Gasteiger partial charge is 0.480 e. The van der Waals surface area contributed by atoms with Gasteiger partial charge in [0.2, 0.25) is 0 Å². The minimum Gasteiger partial charge on any atom is -0.480 e. The summed E-state index contributed by atoms with van der Waals surface area (Å²) in [6, 6.07) is 4.49. The highest BCUT2D eigenvalue weighted by molar-refractivity contribution is 5.80. The van der Waals surface area contributed by atoms with E-state index in [9.17, 15) is 24.3 Å². The number of carboxylic acid groups (broad SMARTS) is 1. The molecule has 10 nitrogen and oxygen atoms in total. The quantitative estimate of drug-likeness (QED) is 0.154. The normalized spacial score (nSPS) is 14.1. The van der Waals surface area contributed by atoms with Gasteiger partial charge in [-0.15, -0.1) is 0 Å². The van der Waals surface area contributed by atoms with E-state index in [1.807, 2.05) is 13.8 Å². The second kappa shape index (κ2) is 16.7. The third-order valence-corrected chi connectivity index (χ3v) is 6.38. The lowest BCUT2D eigenvalue weighted by atomic mass is 9.78. The van der Waals surface area contributed by atoms with Crippen LogP contribution in [0.3, 0.4) is 0 Å². The second-order valence-corrected chi connectivity index (χ2v) is 9.46. The van der Waals surface area contributed by atoms with Gasteiger partial charge in [-0.05, 0) is 44.4 Å². The summed E-state index contributed by atoms with van der Waals surface area (Å²) in [7, 11) is 0.